The maximum Gasteiger partial charge on any atom is 0.338 e. The predicted molar refractivity (Wildman–Crippen MR) is 135 cm³/mol. The molecule has 0 aliphatic rings. The maximum absolute atomic E-state index is 12.9. The highest BCUT2D eigenvalue weighted by Crippen LogP contribution is 2.21. The number of benzene rings is 3. The summed E-state index contributed by atoms with van der Waals surface area (Å²) in [7, 11) is -2.53. The zero-order chi connectivity index (χ0) is 25.7. The van der Waals surface area contributed by atoms with E-state index in [1.54, 1.807) is 29.6 Å². The summed E-state index contributed by atoms with van der Waals surface area (Å²) in [6.07, 6.45) is 1.40. The van der Waals surface area contributed by atoms with Crippen LogP contribution in [0.15, 0.2) is 88.7 Å². The number of nitrogens with one attached hydrogen (secondary N) is 2. The number of esters is 1. The SMILES string of the molecule is COC(=O)c1ccccc1C(=O)c1ccc(C(=O)Nc2ccc(NS(=O)(=O)c3nccs3)cc2)cc1. The van der Waals surface area contributed by atoms with E-state index in [2.05, 4.69) is 15.0 Å². The van der Waals surface area contributed by atoms with E-state index in [-0.39, 0.29) is 21.2 Å². The van der Waals surface area contributed by atoms with Crippen LogP contribution in [0.4, 0.5) is 11.4 Å². The van der Waals surface area contributed by atoms with Gasteiger partial charge in [-0.05, 0) is 42.5 Å². The maximum atomic E-state index is 12.9. The molecule has 36 heavy (non-hydrogen) atoms. The second kappa shape index (κ2) is 10.5. The normalized spacial score (nSPS) is 10.9. The van der Waals surface area contributed by atoms with Crippen molar-refractivity contribution >= 4 is 50.4 Å². The third-order valence-corrected chi connectivity index (χ3v) is 7.60. The van der Waals surface area contributed by atoms with Gasteiger partial charge in [-0.2, -0.15) is 8.42 Å². The zero-order valence-electron chi connectivity index (χ0n) is 18.8. The number of methoxy groups -OCH3 is 1. The first-order valence-corrected chi connectivity index (χ1v) is 12.8. The third-order valence-electron chi connectivity index (χ3n) is 5.02. The van der Waals surface area contributed by atoms with E-state index in [9.17, 15) is 22.8 Å². The molecule has 0 unspecified atom stereocenters. The molecule has 1 amide bonds. The summed E-state index contributed by atoms with van der Waals surface area (Å²) >= 11 is 1.00. The summed E-state index contributed by atoms with van der Waals surface area (Å²) in [5.41, 5.74) is 1.74. The molecule has 0 atom stereocenters. The summed E-state index contributed by atoms with van der Waals surface area (Å²) in [6.45, 7) is 0. The first kappa shape index (κ1) is 24.8. The quantitative estimate of drug-likeness (QED) is 0.262. The molecule has 0 spiro atoms. The average Bonchev–Trinajstić information content (AvgIpc) is 3.45. The van der Waals surface area contributed by atoms with Crippen LogP contribution in [0, 0.1) is 0 Å². The van der Waals surface area contributed by atoms with Crippen LogP contribution in [0.1, 0.15) is 36.6 Å². The van der Waals surface area contributed by atoms with Gasteiger partial charge in [-0.3, -0.25) is 14.3 Å². The molecule has 9 nitrogen and oxygen atoms in total. The number of carbonyl (C=O) groups is 3. The van der Waals surface area contributed by atoms with Gasteiger partial charge in [-0.15, -0.1) is 11.3 Å². The molecule has 2 N–H and O–H groups in total. The lowest BCUT2D eigenvalue weighted by atomic mass is 9.97. The minimum atomic E-state index is -3.77. The van der Waals surface area contributed by atoms with Crippen LogP contribution in [0.5, 0.6) is 0 Å². The van der Waals surface area contributed by atoms with Crippen molar-refractivity contribution in [2.75, 3.05) is 17.1 Å². The molecule has 3 aromatic carbocycles. The lowest BCUT2D eigenvalue weighted by Crippen LogP contribution is -2.14. The van der Waals surface area contributed by atoms with Gasteiger partial charge in [0.05, 0.1) is 12.7 Å². The molecule has 11 heteroatoms. The Kier molecular flexibility index (Phi) is 7.23. The molecular weight excluding hydrogens is 502 g/mol. The number of ether oxygens (including phenoxy) is 1. The van der Waals surface area contributed by atoms with E-state index < -0.39 is 21.9 Å². The van der Waals surface area contributed by atoms with Crippen LogP contribution in [-0.2, 0) is 14.8 Å². The Labute approximate surface area is 210 Å². The van der Waals surface area contributed by atoms with E-state index >= 15 is 0 Å². The second-order valence-corrected chi connectivity index (χ2v) is 10.1. The molecule has 4 aromatic rings. The summed E-state index contributed by atoms with van der Waals surface area (Å²) in [5, 5.41) is 4.28. The van der Waals surface area contributed by atoms with Gasteiger partial charge in [0.15, 0.2) is 5.78 Å². The van der Waals surface area contributed by atoms with Gasteiger partial charge < -0.3 is 10.1 Å². The number of hydrogen-bond donors (Lipinski definition) is 2. The Hall–Kier alpha value is -4.35. The number of carbonyl (C=O) groups excluding carboxylic acids is 3. The Bertz CT molecular complexity index is 1520. The number of rotatable bonds is 8. The van der Waals surface area contributed by atoms with Crippen LogP contribution in [0.2, 0.25) is 0 Å². The van der Waals surface area contributed by atoms with Gasteiger partial charge in [-0.1, -0.05) is 30.3 Å². The molecule has 1 aromatic heterocycles. The second-order valence-electron chi connectivity index (χ2n) is 7.38. The van der Waals surface area contributed by atoms with Crippen molar-refractivity contribution in [3.05, 3.63) is 107 Å². The highest BCUT2D eigenvalue weighted by molar-refractivity contribution is 7.94. The lowest BCUT2D eigenvalue weighted by molar-refractivity contribution is 0.0597. The first-order valence-electron chi connectivity index (χ1n) is 10.4. The topological polar surface area (TPSA) is 132 Å². The number of sulfonamides is 1. The van der Waals surface area contributed by atoms with Crippen LogP contribution < -0.4 is 10.0 Å². The average molecular weight is 522 g/mol. The molecule has 0 fully saturated rings. The molecule has 182 valence electrons. The van der Waals surface area contributed by atoms with E-state index in [0.29, 0.717) is 22.5 Å². The highest BCUT2D eigenvalue weighted by atomic mass is 32.2. The van der Waals surface area contributed by atoms with Crippen molar-refractivity contribution in [3.63, 3.8) is 0 Å². The highest BCUT2D eigenvalue weighted by Gasteiger charge is 2.19. The van der Waals surface area contributed by atoms with Crippen molar-refractivity contribution in [2.45, 2.75) is 4.34 Å². The number of ketones is 1. The fraction of sp³-hybridized carbons (Fsp3) is 0.0400. The van der Waals surface area contributed by atoms with Gasteiger partial charge in [0.1, 0.15) is 0 Å². The Morgan fingerprint density at radius 1 is 0.833 bits per heavy atom. The summed E-state index contributed by atoms with van der Waals surface area (Å²) in [6, 6.07) is 18.5. The van der Waals surface area contributed by atoms with Crippen LogP contribution in [0.3, 0.4) is 0 Å². The number of amides is 1. The first-order chi connectivity index (χ1) is 17.3. The van der Waals surface area contributed by atoms with Crippen molar-refractivity contribution in [1.29, 1.82) is 0 Å². The third kappa shape index (κ3) is 5.48. The molecule has 4 rings (SSSR count). The van der Waals surface area contributed by atoms with Crippen molar-refractivity contribution < 1.29 is 27.5 Å². The molecule has 0 saturated heterocycles. The standard InChI is InChI=1S/C25H19N3O6S2/c1-34-24(31)21-5-3-2-4-20(21)22(29)16-6-8-17(9-7-16)23(30)27-18-10-12-19(13-11-18)28-36(32,33)25-26-14-15-35-25/h2-15,28H,1H3,(H,27,30). The van der Waals surface area contributed by atoms with Gasteiger partial charge in [-0.25, -0.2) is 9.78 Å². The number of thiazole rings is 1. The van der Waals surface area contributed by atoms with Crippen LogP contribution in [0.25, 0.3) is 0 Å². The summed E-state index contributed by atoms with van der Waals surface area (Å²) in [5.74, 6) is -1.41. The van der Waals surface area contributed by atoms with Crippen molar-refractivity contribution in [3.8, 4) is 0 Å². The molecular formula is C25H19N3O6S2. The number of nitrogens with zero attached hydrogens (tertiary/aromatic N) is 1. The van der Waals surface area contributed by atoms with Gasteiger partial charge in [0.2, 0.25) is 4.34 Å². The van der Waals surface area contributed by atoms with E-state index in [0.717, 1.165) is 11.3 Å². The van der Waals surface area contributed by atoms with Gasteiger partial charge in [0, 0.05) is 39.6 Å². The summed E-state index contributed by atoms with van der Waals surface area (Å²) in [4.78, 5) is 41.3. The van der Waals surface area contributed by atoms with E-state index in [1.807, 2.05) is 0 Å². The predicted octanol–water partition coefficient (Wildman–Crippen LogP) is 4.21. The molecule has 0 aliphatic carbocycles. The monoisotopic (exact) mass is 521 g/mol. The van der Waals surface area contributed by atoms with Crippen LogP contribution >= 0.6 is 11.3 Å². The molecule has 0 bridgehead atoms. The van der Waals surface area contributed by atoms with Crippen molar-refractivity contribution in [2.24, 2.45) is 0 Å². The van der Waals surface area contributed by atoms with Gasteiger partial charge in [0.25, 0.3) is 15.9 Å². The fourth-order valence-corrected chi connectivity index (χ4v) is 5.16. The number of hydrogen-bond acceptors (Lipinski definition) is 8. The van der Waals surface area contributed by atoms with E-state index in [4.69, 9.17) is 4.74 Å². The number of anilines is 2. The summed E-state index contributed by atoms with van der Waals surface area (Å²) < 4.78 is 31.6. The Morgan fingerprint density at radius 2 is 1.44 bits per heavy atom. The zero-order valence-corrected chi connectivity index (χ0v) is 20.4. The minimum absolute atomic E-state index is 0.0457. The molecule has 0 saturated carbocycles. The van der Waals surface area contributed by atoms with Crippen molar-refractivity contribution in [1.82, 2.24) is 4.98 Å². The van der Waals surface area contributed by atoms with Crippen LogP contribution in [-0.4, -0.2) is 38.2 Å². The molecule has 0 radical (unpaired) electrons. The molecule has 1 heterocycles. The lowest BCUT2D eigenvalue weighted by Gasteiger charge is -2.09. The number of aromatic nitrogens is 1. The Balaban J connectivity index is 1.43. The van der Waals surface area contributed by atoms with E-state index in [1.165, 1.54) is 61.8 Å². The van der Waals surface area contributed by atoms with Gasteiger partial charge >= 0.3 is 5.97 Å². The minimum Gasteiger partial charge on any atom is -0.465 e. The molecule has 0 aliphatic heterocycles. The fourth-order valence-electron chi connectivity index (χ4n) is 3.26. The smallest absolute Gasteiger partial charge is 0.338 e. The largest absolute Gasteiger partial charge is 0.465 e. The Morgan fingerprint density at radius 3 is 2.06 bits per heavy atom.